The highest BCUT2D eigenvalue weighted by molar-refractivity contribution is 9.10. The van der Waals surface area contributed by atoms with Gasteiger partial charge < -0.3 is 5.11 Å². The molecule has 0 aromatic heterocycles. The van der Waals surface area contributed by atoms with Gasteiger partial charge >= 0.3 is 0 Å². The highest BCUT2D eigenvalue weighted by atomic mass is 79.9. The molecule has 0 saturated heterocycles. The molecule has 0 amide bonds. The largest absolute Gasteiger partial charge is 0.392 e. The molecule has 0 atom stereocenters. The maximum atomic E-state index is 13.3. The van der Waals surface area contributed by atoms with Gasteiger partial charge in [-0.2, -0.15) is 0 Å². The topological polar surface area (TPSA) is 66.4 Å². The summed E-state index contributed by atoms with van der Waals surface area (Å²) in [7, 11) is -3.93. The van der Waals surface area contributed by atoms with Crippen LogP contribution >= 0.6 is 27.5 Å². The summed E-state index contributed by atoms with van der Waals surface area (Å²) in [6.45, 7) is -0.589. The smallest absolute Gasteiger partial charge is 0.261 e. The van der Waals surface area contributed by atoms with Crippen molar-refractivity contribution in [3.8, 4) is 0 Å². The van der Waals surface area contributed by atoms with Gasteiger partial charge in [0.25, 0.3) is 10.0 Å². The molecule has 112 valence electrons. The molecule has 0 spiro atoms. The van der Waals surface area contributed by atoms with Crippen LogP contribution < -0.4 is 4.72 Å². The lowest BCUT2D eigenvalue weighted by atomic mass is 10.2. The third kappa shape index (κ3) is 3.74. The Kier molecular flexibility index (Phi) is 4.88. The molecule has 0 radical (unpaired) electrons. The van der Waals surface area contributed by atoms with Crippen molar-refractivity contribution < 1.29 is 17.9 Å². The van der Waals surface area contributed by atoms with Gasteiger partial charge in [-0.05, 0) is 36.4 Å². The Labute approximate surface area is 134 Å². The van der Waals surface area contributed by atoms with E-state index < -0.39 is 22.4 Å². The molecule has 0 fully saturated rings. The van der Waals surface area contributed by atoms with E-state index in [1.807, 2.05) is 0 Å². The van der Waals surface area contributed by atoms with Crippen LogP contribution in [0.4, 0.5) is 10.1 Å². The SMILES string of the molecule is O=S(=O)(Nc1ccc(Br)cc1Cl)c1ccc(F)c(CO)c1. The summed E-state index contributed by atoms with van der Waals surface area (Å²) in [4.78, 5) is -0.160. The first kappa shape index (κ1) is 16.2. The van der Waals surface area contributed by atoms with E-state index in [-0.39, 0.29) is 21.2 Å². The van der Waals surface area contributed by atoms with Crippen LogP contribution in [-0.2, 0) is 16.6 Å². The number of rotatable bonds is 4. The van der Waals surface area contributed by atoms with Gasteiger partial charge in [0.1, 0.15) is 5.82 Å². The highest BCUT2D eigenvalue weighted by Crippen LogP contribution is 2.28. The molecule has 8 heteroatoms. The second kappa shape index (κ2) is 6.31. The van der Waals surface area contributed by atoms with Gasteiger partial charge in [-0.1, -0.05) is 27.5 Å². The predicted octanol–water partition coefficient (Wildman–Crippen LogP) is 3.53. The molecule has 0 bridgehead atoms. The average Bonchev–Trinajstić information content (AvgIpc) is 2.42. The molecule has 21 heavy (non-hydrogen) atoms. The number of hydrogen-bond acceptors (Lipinski definition) is 3. The van der Waals surface area contributed by atoms with E-state index in [0.29, 0.717) is 4.47 Å². The molecular formula is C13H10BrClFNO3S. The lowest BCUT2D eigenvalue weighted by Crippen LogP contribution is -2.14. The molecule has 2 aromatic carbocycles. The normalized spacial score (nSPS) is 11.4. The Balaban J connectivity index is 2.38. The van der Waals surface area contributed by atoms with Crippen molar-refractivity contribution in [3.05, 3.63) is 57.3 Å². The molecule has 2 rings (SSSR count). The fraction of sp³-hybridized carbons (Fsp3) is 0.0769. The van der Waals surface area contributed by atoms with Crippen LogP contribution in [0.5, 0.6) is 0 Å². The molecule has 0 aliphatic rings. The molecule has 4 nitrogen and oxygen atoms in total. The fourth-order valence-electron chi connectivity index (χ4n) is 1.62. The molecule has 0 saturated carbocycles. The first-order valence-corrected chi connectivity index (χ1v) is 8.36. The number of benzene rings is 2. The number of aliphatic hydroxyl groups excluding tert-OH is 1. The molecular weight excluding hydrogens is 385 g/mol. The number of sulfonamides is 1. The second-order valence-electron chi connectivity index (χ2n) is 4.14. The van der Waals surface area contributed by atoms with Gasteiger partial charge in [0.05, 0.1) is 22.2 Å². The van der Waals surface area contributed by atoms with Crippen LogP contribution in [0, 0.1) is 5.82 Å². The number of halogens is 3. The van der Waals surface area contributed by atoms with Gasteiger partial charge in [0.2, 0.25) is 0 Å². The van der Waals surface area contributed by atoms with Crippen molar-refractivity contribution in [2.75, 3.05) is 4.72 Å². The zero-order valence-electron chi connectivity index (χ0n) is 10.5. The van der Waals surface area contributed by atoms with Gasteiger partial charge in [-0.15, -0.1) is 0 Å². The summed E-state index contributed by atoms with van der Waals surface area (Å²) < 4.78 is 40.8. The van der Waals surface area contributed by atoms with Gasteiger partial charge in [0, 0.05) is 10.0 Å². The van der Waals surface area contributed by atoms with Crippen LogP contribution in [0.1, 0.15) is 5.56 Å². The van der Waals surface area contributed by atoms with E-state index in [0.717, 1.165) is 18.2 Å². The molecule has 0 unspecified atom stereocenters. The van der Waals surface area contributed by atoms with Crippen molar-refractivity contribution in [1.82, 2.24) is 0 Å². The molecule has 2 aromatic rings. The molecule has 2 N–H and O–H groups in total. The third-order valence-corrected chi connectivity index (χ3v) is 4.84. The fourth-order valence-corrected chi connectivity index (χ4v) is 3.52. The van der Waals surface area contributed by atoms with Crippen molar-refractivity contribution in [3.63, 3.8) is 0 Å². The zero-order chi connectivity index (χ0) is 15.6. The Bertz CT molecular complexity index is 783. The summed E-state index contributed by atoms with van der Waals surface area (Å²) in [5, 5.41) is 9.21. The Morgan fingerprint density at radius 3 is 2.57 bits per heavy atom. The molecule has 0 aliphatic heterocycles. The summed E-state index contributed by atoms with van der Waals surface area (Å²) in [6.07, 6.45) is 0. The Hall–Kier alpha value is -1.15. The molecule has 0 heterocycles. The minimum atomic E-state index is -3.93. The van der Waals surface area contributed by atoms with Gasteiger partial charge in [-0.3, -0.25) is 4.72 Å². The number of hydrogen-bond donors (Lipinski definition) is 2. The molecule has 0 aliphatic carbocycles. The summed E-state index contributed by atoms with van der Waals surface area (Å²) in [5.74, 6) is -0.668. The zero-order valence-corrected chi connectivity index (χ0v) is 13.6. The van der Waals surface area contributed by atoms with E-state index >= 15 is 0 Å². The lowest BCUT2D eigenvalue weighted by molar-refractivity contribution is 0.275. The van der Waals surface area contributed by atoms with E-state index in [9.17, 15) is 12.8 Å². The van der Waals surface area contributed by atoms with E-state index in [1.165, 1.54) is 6.07 Å². The van der Waals surface area contributed by atoms with Crippen LogP contribution in [0.2, 0.25) is 5.02 Å². The van der Waals surface area contributed by atoms with E-state index in [4.69, 9.17) is 16.7 Å². The minimum absolute atomic E-state index is 0.0974. The van der Waals surface area contributed by atoms with Gasteiger partial charge in [-0.25, -0.2) is 12.8 Å². The predicted molar refractivity (Wildman–Crippen MR) is 82.3 cm³/mol. The standard InChI is InChI=1S/C13H10BrClFNO3S/c14-9-1-4-13(11(15)6-9)17-21(19,20)10-2-3-12(16)8(5-10)7-18/h1-6,17-18H,7H2. The Morgan fingerprint density at radius 2 is 1.95 bits per heavy atom. The summed E-state index contributed by atoms with van der Waals surface area (Å²) >= 11 is 9.17. The van der Waals surface area contributed by atoms with E-state index in [2.05, 4.69) is 20.7 Å². The van der Waals surface area contributed by atoms with Crippen molar-refractivity contribution in [2.45, 2.75) is 11.5 Å². The third-order valence-electron chi connectivity index (χ3n) is 2.67. The maximum absolute atomic E-state index is 13.3. The van der Waals surface area contributed by atoms with E-state index in [1.54, 1.807) is 12.1 Å². The number of aliphatic hydroxyl groups is 1. The van der Waals surface area contributed by atoms with Crippen molar-refractivity contribution >= 4 is 43.2 Å². The van der Waals surface area contributed by atoms with Gasteiger partial charge in [0.15, 0.2) is 0 Å². The second-order valence-corrected chi connectivity index (χ2v) is 7.15. The minimum Gasteiger partial charge on any atom is -0.392 e. The maximum Gasteiger partial charge on any atom is 0.261 e. The van der Waals surface area contributed by atoms with Crippen LogP contribution in [0.15, 0.2) is 45.8 Å². The van der Waals surface area contributed by atoms with Crippen LogP contribution in [0.25, 0.3) is 0 Å². The summed E-state index contributed by atoms with van der Waals surface area (Å²) in [5.41, 5.74) is 0.106. The first-order chi connectivity index (χ1) is 9.83. The number of nitrogens with one attached hydrogen (secondary N) is 1. The van der Waals surface area contributed by atoms with Crippen LogP contribution in [-0.4, -0.2) is 13.5 Å². The number of anilines is 1. The Morgan fingerprint density at radius 1 is 1.24 bits per heavy atom. The lowest BCUT2D eigenvalue weighted by Gasteiger charge is -2.11. The van der Waals surface area contributed by atoms with Crippen molar-refractivity contribution in [2.24, 2.45) is 0 Å². The van der Waals surface area contributed by atoms with Crippen molar-refractivity contribution in [1.29, 1.82) is 0 Å². The van der Waals surface area contributed by atoms with Crippen LogP contribution in [0.3, 0.4) is 0 Å². The monoisotopic (exact) mass is 393 g/mol. The quantitative estimate of drug-likeness (QED) is 0.833. The highest BCUT2D eigenvalue weighted by Gasteiger charge is 2.17. The first-order valence-electron chi connectivity index (χ1n) is 5.70. The average molecular weight is 395 g/mol. The summed E-state index contributed by atoms with van der Waals surface area (Å²) in [6, 6.07) is 7.86.